The van der Waals surface area contributed by atoms with Crippen molar-refractivity contribution in [3.8, 4) is 0 Å². The van der Waals surface area contributed by atoms with Crippen molar-refractivity contribution in [2.75, 3.05) is 0 Å². The zero-order valence-electron chi connectivity index (χ0n) is 18.1. The van der Waals surface area contributed by atoms with Gasteiger partial charge in [0.2, 0.25) is 0 Å². The molecule has 0 bridgehead atoms. The second-order valence-electron chi connectivity index (χ2n) is 8.12. The van der Waals surface area contributed by atoms with Gasteiger partial charge in [0.05, 0.1) is 29.1 Å². The molecule has 2 aromatic heterocycles. The number of benzene rings is 2. The van der Waals surface area contributed by atoms with E-state index in [1.807, 2.05) is 31.5 Å². The fourth-order valence-electron chi connectivity index (χ4n) is 3.58. The number of carbonyl (C=O) groups excluding carboxylic acids is 1. The summed E-state index contributed by atoms with van der Waals surface area (Å²) in [6.45, 7) is 3.88. The Morgan fingerprint density at radius 3 is 2.62 bits per heavy atom. The summed E-state index contributed by atoms with van der Waals surface area (Å²) in [5.41, 5.74) is 3.12. The molecule has 0 saturated heterocycles. The molecule has 0 aliphatic heterocycles. The molecule has 7 nitrogen and oxygen atoms in total. The van der Waals surface area contributed by atoms with E-state index in [9.17, 15) is 14.0 Å². The molecule has 0 saturated carbocycles. The standard InChI is InChI=1S/C24H24FN5O2/c1-14(2)23-27-18(12-22(31)29-23)11-19(15-4-7-17(25)8-5-15)28-24(32)16-6-9-21-20(10-16)26-13-30(21)3/h4-10,12-14,19H,11H2,1-3H3,(H,28,32)(H,27,29,31). The number of nitrogens with one attached hydrogen (secondary N) is 2. The highest BCUT2D eigenvalue weighted by Gasteiger charge is 2.19. The van der Waals surface area contributed by atoms with Crippen LogP contribution in [0.15, 0.2) is 59.7 Å². The minimum absolute atomic E-state index is 0.0478. The highest BCUT2D eigenvalue weighted by molar-refractivity contribution is 5.97. The summed E-state index contributed by atoms with van der Waals surface area (Å²) in [5.74, 6) is -0.0273. The Labute approximate surface area is 184 Å². The van der Waals surface area contributed by atoms with Crippen molar-refractivity contribution < 1.29 is 9.18 Å². The van der Waals surface area contributed by atoms with Crippen LogP contribution in [-0.4, -0.2) is 25.4 Å². The van der Waals surface area contributed by atoms with Gasteiger partial charge in [0, 0.05) is 31.0 Å². The first-order chi connectivity index (χ1) is 15.3. The first-order valence-electron chi connectivity index (χ1n) is 10.4. The van der Waals surface area contributed by atoms with E-state index in [1.165, 1.54) is 18.2 Å². The molecular formula is C24H24FN5O2. The highest BCUT2D eigenvalue weighted by Crippen LogP contribution is 2.21. The van der Waals surface area contributed by atoms with Crippen LogP contribution < -0.4 is 10.9 Å². The van der Waals surface area contributed by atoms with E-state index in [4.69, 9.17) is 0 Å². The molecule has 2 aromatic carbocycles. The Hall–Kier alpha value is -3.81. The summed E-state index contributed by atoms with van der Waals surface area (Å²) in [4.78, 5) is 36.8. The first-order valence-corrected chi connectivity index (χ1v) is 10.4. The van der Waals surface area contributed by atoms with Gasteiger partial charge in [0.25, 0.3) is 11.5 Å². The van der Waals surface area contributed by atoms with Crippen LogP contribution in [0, 0.1) is 5.82 Å². The van der Waals surface area contributed by atoms with Gasteiger partial charge in [-0.2, -0.15) is 0 Å². The van der Waals surface area contributed by atoms with Gasteiger partial charge in [-0.15, -0.1) is 0 Å². The smallest absolute Gasteiger partial charge is 0.251 e. The average molecular weight is 433 g/mol. The number of halogens is 1. The number of amides is 1. The van der Waals surface area contributed by atoms with Crippen LogP contribution in [0.4, 0.5) is 4.39 Å². The third-order valence-corrected chi connectivity index (χ3v) is 5.34. The number of nitrogens with zero attached hydrogens (tertiary/aromatic N) is 3. The third-order valence-electron chi connectivity index (χ3n) is 5.34. The molecule has 4 rings (SSSR count). The van der Waals surface area contributed by atoms with E-state index in [-0.39, 0.29) is 29.6 Å². The summed E-state index contributed by atoms with van der Waals surface area (Å²) in [5, 5.41) is 3.01. The first kappa shape index (κ1) is 21.4. The quantitative estimate of drug-likeness (QED) is 0.486. The molecule has 164 valence electrons. The number of aromatic amines is 1. The van der Waals surface area contributed by atoms with Crippen LogP contribution >= 0.6 is 0 Å². The van der Waals surface area contributed by atoms with E-state index < -0.39 is 6.04 Å². The third kappa shape index (κ3) is 4.59. The summed E-state index contributed by atoms with van der Waals surface area (Å²) >= 11 is 0. The van der Waals surface area contributed by atoms with E-state index in [2.05, 4.69) is 20.3 Å². The maximum Gasteiger partial charge on any atom is 0.251 e. The molecule has 0 fully saturated rings. The van der Waals surface area contributed by atoms with E-state index in [1.54, 1.807) is 30.6 Å². The highest BCUT2D eigenvalue weighted by atomic mass is 19.1. The second kappa shape index (κ2) is 8.74. The van der Waals surface area contributed by atoms with Crippen LogP contribution in [0.5, 0.6) is 0 Å². The molecule has 0 spiro atoms. The maximum atomic E-state index is 13.5. The van der Waals surface area contributed by atoms with Gasteiger partial charge in [-0.25, -0.2) is 14.4 Å². The lowest BCUT2D eigenvalue weighted by atomic mass is 10.0. The van der Waals surface area contributed by atoms with Crippen molar-refractivity contribution in [1.29, 1.82) is 0 Å². The van der Waals surface area contributed by atoms with E-state index >= 15 is 0 Å². The average Bonchev–Trinajstić information content (AvgIpc) is 3.13. The van der Waals surface area contributed by atoms with Crippen LogP contribution in [0.2, 0.25) is 0 Å². The fraction of sp³-hybridized carbons (Fsp3) is 0.250. The number of carbonyl (C=O) groups is 1. The Kier molecular flexibility index (Phi) is 5.85. The second-order valence-corrected chi connectivity index (χ2v) is 8.12. The lowest BCUT2D eigenvalue weighted by Crippen LogP contribution is -2.30. The van der Waals surface area contributed by atoms with Gasteiger partial charge in [0.1, 0.15) is 11.6 Å². The number of hydrogen-bond donors (Lipinski definition) is 2. The topological polar surface area (TPSA) is 92.7 Å². The zero-order valence-corrected chi connectivity index (χ0v) is 18.1. The van der Waals surface area contributed by atoms with Crippen LogP contribution in [0.3, 0.4) is 0 Å². The van der Waals surface area contributed by atoms with Crippen molar-refractivity contribution in [2.24, 2.45) is 7.05 Å². The lowest BCUT2D eigenvalue weighted by molar-refractivity contribution is 0.0936. The Morgan fingerprint density at radius 1 is 1.16 bits per heavy atom. The molecule has 8 heteroatoms. The molecule has 32 heavy (non-hydrogen) atoms. The molecule has 0 aliphatic rings. The largest absolute Gasteiger partial charge is 0.345 e. The summed E-state index contributed by atoms with van der Waals surface area (Å²) in [6, 6.07) is 12.2. The monoisotopic (exact) mass is 433 g/mol. The Bertz CT molecular complexity index is 1320. The molecule has 2 heterocycles. The number of hydrogen-bond acceptors (Lipinski definition) is 4. The summed E-state index contributed by atoms with van der Waals surface area (Å²) in [7, 11) is 1.89. The van der Waals surface area contributed by atoms with Crippen LogP contribution in [0.25, 0.3) is 11.0 Å². The van der Waals surface area contributed by atoms with Gasteiger partial charge in [-0.05, 0) is 35.9 Å². The van der Waals surface area contributed by atoms with E-state index in [0.29, 0.717) is 22.6 Å². The van der Waals surface area contributed by atoms with Crippen LogP contribution in [0.1, 0.15) is 53.2 Å². The maximum absolute atomic E-state index is 13.5. The fourth-order valence-corrected chi connectivity index (χ4v) is 3.58. The number of aryl methyl sites for hydroxylation is 1. The Balaban J connectivity index is 1.65. The summed E-state index contributed by atoms with van der Waals surface area (Å²) in [6.07, 6.45) is 1.98. The van der Waals surface area contributed by atoms with E-state index in [0.717, 1.165) is 11.0 Å². The van der Waals surface area contributed by atoms with Gasteiger partial charge in [-0.1, -0.05) is 26.0 Å². The predicted molar refractivity (Wildman–Crippen MR) is 120 cm³/mol. The van der Waals surface area contributed by atoms with Crippen molar-refractivity contribution >= 4 is 16.9 Å². The number of rotatable bonds is 6. The molecule has 1 amide bonds. The van der Waals surface area contributed by atoms with Gasteiger partial charge < -0.3 is 14.9 Å². The minimum atomic E-state index is -0.503. The number of aromatic nitrogens is 4. The Morgan fingerprint density at radius 2 is 1.91 bits per heavy atom. The lowest BCUT2D eigenvalue weighted by Gasteiger charge is -2.20. The minimum Gasteiger partial charge on any atom is -0.345 e. The van der Waals surface area contributed by atoms with Crippen molar-refractivity contribution in [3.05, 3.63) is 93.7 Å². The number of fused-ring (bicyclic) bond motifs is 1. The van der Waals surface area contributed by atoms with Crippen LogP contribution in [-0.2, 0) is 13.5 Å². The van der Waals surface area contributed by atoms with Gasteiger partial charge >= 0.3 is 0 Å². The molecule has 2 N–H and O–H groups in total. The SMILES string of the molecule is CC(C)c1nc(CC(NC(=O)c2ccc3c(c2)ncn3C)c2ccc(F)cc2)cc(=O)[nH]1. The number of imidazole rings is 1. The van der Waals surface area contributed by atoms with Gasteiger partial charge in [0.15, 0.2) is 0 Å². The molecule has 0 radical (unpaired) electrons. The van der Waals surface area contributed by atoms with Crippen molar-refractivity contribution in [3.63, 3.8) is 0 Å². The molecule has 1 atom stereocenters. The van der Waals surface area contributed by atoms with Crippen molar-refractivity contribution in [2.45, 2.75) is 32.2 Å². The number of H-pyrrole nitrogens is 1. The molecule has 4 aromatic rings. The molecular weight excluding hydrogens is 409 g/mol. The summed E-state index contributed by atoms with van der Waals surface area (Å²) < 4.78 is 15.4. The van der Waals surface area contributed by atoms with Gasteiger partial charge in [-0.3, -0.25) is 9.59 Å². The molecule has 0 aliphatic carbocycles. The molecule has 1 unspecified atom stereocenters. The zero-order chi connectivity index (χ0) is 22.8. The predicted octanol–water partition coefficient (Wildman–Crippen LogP) is 3.63. The normalized spacial score (nSPS) is 12.3. The van der Waals surface area contributed by atoms with Crippen molar-refractivity contribution in [1.82, 2.24) is 24.8 Å².